The minimum absolute atomic E-state index is 0.0423. The van der Waals surface area contributed by atoms with Crippen LogP contribution in [0.2, 0.25) is 0 Å². The van der Waals surface area contributed by atoms with E-state index in [9.17, 15) is 18.0 Å². The summed E-state index contributed by atoms with van der Waals surface area (Å²) in [5.41, 5.74) is 1.49. The van der Waals surface area contributed by atoms with Crippen LogP contribution in [0.1, 0.15) is 35.2 Å². The Morgan fingerprint density at radius 1 is 1.10 bits per heavy atom. The van der Waals surface area contributed by atoms with Crippen LogP contribution in [0.3, 0.4) is 0 Å². The number of thiophene rings is 1. The number of benzene rings is 1. The fourth-order valence-electron chi connectivity index (χ4n) is 3.15. The van der Waals surface area contributed by atoms with Crippen LogP contribution in [0.15, 0.2) is 46.0 Å². The average Bonchev–Trinajstić information content (AvgIpc) is 3.28. The summed E-state index contributed by atoms with van der Waals surface area (Å²) in [6.45, 7) is 1.62. The lowest BCUT2D eigenvalue weighted by molar-refractivity contribution is -0.121. The van der Waals surface area contributed by atoms with Crippen LogP contribution in [0.5, 0.6) is 0 Å². The maximum Gasteiger partial charge on any atom is 0.253 e. The zero-order valence-electron chi connectivity index (χ0n) is 16.3. The largest absolute Gasteiger partial charge is 0.351 e. The van der Waals surface area contributed by atoms with Gasteiger partial charge in [-0.15, -0.1) is 11.3 Å². The van der Waals surface area contributed by atoms with Gasteiger partial charge in [0.2, 0.25) is 5.91 Å². The second-order valence-electron chi connectivity index (χ2n) is 7.02. The van der Waals surface area contributed by atoms with Gasteiger partial charge in [-0.25, -0.2) is 8.42 Å². The second kappa shape index (κ2) is 9.51. The van der Waals surface area contributed by atoms with Crippen molar-refractivity contribution >= 4 is 33.2 Å². The van der Waals surface area contributed by atoms with Crippen molar-refractivity contribution in [1.29, 1.82) is 0 Å². The third kappa shape index (κ3) is 5.43. The SMILES string of the molecule is CN(CC(=O)NCc1ccc(C(=O)N2CCCCC2)cc1)S(=O)(=O)c1cccs1. The minimum Gasteiger partial charge on any atom is -0.351 e. The number of nitrogens with one attached hydrogen (secondary N) is 1. The first-order valence-electron chi connectivity index (χ1n) is 9.52. The van der Waals surface area contributed by atoms with Gasteiger partial charge in [-0.05, 0) is 48.4 Å². The first-order valence-corrected chi connectivity index (χ1v) is 11.8. The summed E-state index contributed by atoms with van der Waals surface area (Å²) in [5, 5.41) is 4.40. The fraction of sp³-hybridized carbons (Fsp3) is 0.400. The number of rotatable bonds is 7. The lowest BCUT2D eigenvalue weighted by atomic mass is 10.1. The summed E-state index contributed by atoms with van der Waals surface area (Å²) in [5.74, 6) is -0.346. The number of carbonyl (C=O) groups is 2. The Bertz CT molecular complexity index is 935. The van der Waals surface area contributed by atoms with Crippen molar-refractivity contribution in [2.75, 3.05) is 26.7 Å². The Labute approximate surface area is 175 Å². The third-order valence-corrected chi connectivity index (χ3v) is 8.04. The topological polar surface area (TPSA) is 86.8 Å². The molecule has 0 saturated carbocycles. The molecule has 1 aliphatic rings. The highest BCUT2D eigenvalue weighted by Crippen LogP contribution is 2.19. The van der Waals surface area contributed by atoms with Crippen molar-refractivity contribution in [3.05, 3.63) is 52.9 Å². The molecule has 2 amide bonds. The Hall–Kier alpha value is -2.23. The number of carbonyl (C=O) groups excluding carboxylic acids is 2. The van der Waals surface area contributed by atoms with E-state index >= 15 is 0 Å². The molecule has 1 aromatic heterocycles. The molecule has 9 heteroatoms. The molecule has 2 aromatic rings. The van der Waals surface area contributed by atoms with E-state index in [0.29, 0.717) is 5.56 Å². The Balaban J connectivity index is 1.50. The van der Waals surface area contributed by atoms with E-state index in [4.69, 9.17) is 0 Å². The van der Waals surface area contributed by atoms with E-state index in [-0.39, 0.29) is 29.1 Å². The van der Waals surface area contributed by atoms with Crippen LogP contribution in [-0.4, -0.2) is 56.1 Å². The van der Waals surface area contributed by atoms with Crippen molar-refractivity contribution in [3.63, 3.8) is 0 Å². The normalized spacial score (nSPS) is 14.8. The summed E-state index contributed by atoms with van der Waals surface area (Å²) in [6.07, 6.45) is 3.27. The van der Waals surface area contributed by atoms with Gasteiger partial charge >= 0.3 is 0 Å². The van der Waals surface area contributed by atoms with Gasteiger partial charge in [-0.3, -0.25) is 9.59 Å². The molecule has 156 valence electrons. The van der Waals surface area contributed by atoms with E-state index in [2.05, 4.69) is 5.32 Å². The van der Waals surface area contributed by atoms with Crippen LogP contribution in [0.4, 0.5) is 0 Å². The van der Waals surface area contributed by atoms with Gasteiger partial charge in [0.05, 0.1) is 6.54 Å². The molecular weight excluding hydrogens is 410 g/mol. The van der Waals surface area contributed by atoms with E-state index in [0.717, 1.165) is 47.1 Å². The second-order valence-corrected chi connectivity index (χ2v) is 10.2. The molecule has 0 atom stereocenters. The predicted molar refractivity (Wildman–Crippen MR) is 112 cm³/mol. The highest BCUT2D eigenvalue weighted by Gasteiger charge is 2.23. The monoisotopic (exact) mass is 435 g/mol. The summed E-state index contributed by atoms with van der Waals surface area (Å²) in [7, 11) is -2.27. The number of hydrogen-bond acceptors (Lipinski definition) is 5. The Kier molecular flexibility index (Phi) is 7.05. The molecule has 1 aromatic carbocycles. The molecule has 0 spiro atoms. The third-order valence-electron chi connectivity index (χ3n) is 4.86. The number of nitrogens with zero attached hydrogens (tertiary/aromatic N) is 2. The van der Waals surface area contributed by atoms with Gasteiger partial charge in [-0.2, -0.15) is 4.31 Å². The Morgan fingerprint density at radius 2 is 1.79 bits per heavy atom. The molecule has 0 radical (unpaired) electrons. The number of hydrogen-bond donors (Lipinski definition) is 1. The maximum absolute atomic E-state index is 12.5. The van der Waals surface area contributed by atoms with Crippen LogP contribution in [0, 0.1) is 0 Å². The number of likely N-dealkylation sites (tertiary alicyclic amines) is 1. The molecule has 1 saturated heterocycles. The number of piperidine rings is 1. The lowest BCUT2D eigenvalue weighted by Crippen LogP contribution is -2.37. The van der Waals surface area contributed by atoms with E-state index in [1.54, 1.807) is 23.6 Å². The van der Waals surface area contributed by atoms with Crippen molar-refractivity contribution in [3.8, 4) is 0 Å². The predicted octanol–water partition coefficient (Wildman–Crippen LogP) is 2.31. The molecule has 0 bridgehead atoms. The quantitative estimate of drug-likeness (QED) is 0.723. The zero-order valence-corrected chi connectivity index (χ0v) is 18.0. The summed E-state index contributed by atoms with van der Waals surface area (Å²) >= 11 is 1.12. The minimum atomic E-state index is -3.65. The molecule has 29 heavy (non-hydrogen) atoms. The van der Waals surface area contributed by atoms with Crippen LogP contribution in [0.25, 0.3) is 0 Å². The van der Waals surface area contributed by atoms with Crippen LogP contribution in [-0.2, 0) is 21.4 Å². The fourth-order valence-corrected chi connectivity index (χ4v) is 5.48. The van der Waals surface area contributed by atoms with Gasteiger partial charge in [0.25, 0.3) is 15.9 Å². The first-order chi connectivity index (χ1) is 13.9. The molecule has 2 heterocycles. The van der Waals surface area contributed by atoms with Gasteiger partial charge in [0.15, 0.2) is 0 Å². The maximum atomic E-state index is 12.5. The molecule has 3 rings (SSSR count). The van der Waals surface area contributed by atoms with E-state index < -0.39 is 10.0 Å². The molecule has 0 aliphatic carbocycles. The van der Waals surface area contributed by atoms with Gasteiger partial charge in [0.1, 0.15) is 4.21 Å². The van der Waals surface area contributed by atoms with E-state index in [1.165, 1.54) is 19.5 Å². The molecular formula is C20H25N3O4S2. The van der Waals surface area contributed by atoms with E-state index in [1.807, 2.05) is 17.0 Å². The van der Waals surface area contributed by atoms with Gasteiger partial charge < -0.3 is 10.2 Å². The molecule has 0 unspecified atom stereocenters. The highest BCUT2D eigenvalue weighted by molar-refractivity contribution is 7.91. The van der Waals surface area contributed by atoms with Crippen molar-refractivity contribution in [2.24, 2.45) is 0 Å². The summed E-state index contributed by atoms with van der Waals surface area (Å²) in [6, 6.07) is 10.3. The molecule has 1 N–H and O–H groups in total. The smallest absolute Gasteiger partial charge is 0.253 e. The molecule has 7 nitrogen and oxygen atoms in total. The van der Waals surface area contributed by atoms with Crippen molar-refractivity contribution in [2.45, 2.75) is 30.0 Å². The number of likely N-dealkylation sites (N-methyl/N-ethyl adjacent to an activating group) is 1. The lowest BCUT2D eigenvalue weighted by Gasteiger charge is -2.26. The summed E-state index contributed by atoms with van der Waals surface area (Å²) in [4.78, 5) is 26.5. The van der Waals surface area contributed by atoms with Crippen molar-refractivity contribution < 1.29 is 18.0 Å². The summed E-state index contributed by atoms with van der Waals surface area (Å²) < 4.78 is 26.0. The molecule has 1 aliphatic heterocycles. The van der Waals surface area contributed by atoms with Crippen molar-refractivity contribution in [1.82, 2.24) is 14.5 Å². The Morgan fingerprint density at radius 3 is 2.41 bits per heavy atom. The first kappa shape index (κ1) is 21.5. The van der Waals surface area contributed by atoms with Gasteiger partial charge in [-0.1, -0.05) is 18.2 Å². The number of amides is 2. The number of sulfonamides is 1. The average molecular weight is 436 g/mol. The zero-order chi connectivity index (χ0) is 20.9. The van der Waals surface area contributed by atoms with Crippen LogP contribution < -0.4 is 5.32 Å². The van der Waals surface area contributed by atoms with Gasteiger partial charge in [0, 0.05) is 32.2 Å². The highest BCUT2D eigenvalue weighted by atomic mass is 32.2. The van der Waals surface area contributed by atoms with Crippen LogP contribution >= 0.6 is 11.3 Å². The molecule has 1 fully saturated rings. The standard InChI is InChI=1S/C20H25N3O4S2/c1-22(29(26,27)19-6-5-13-28-19)15-18(24)21-14-16-7-9-17(10-8-16)20(25)23-11-3-2-4-12-23/h5-10,13H,2-4,11-12,14-15H2,1H3,(H,21,24).